The molecular weight excluding hydrogens is 232 g/mol. The Bertz CT molecular complexity index is 296. The third-order valence-corrected chi connectivity index (χ3v) is 3.50. The number of hydrogen-bond donors (Lipinski definition) is 2. The summed E-state index contributed by atoms with van der Waals surface area (Å²) in [5.41, 5.74) is -1.15. The Labute approximate surface area is 109 Å². The quantitative estimate of drug-likeness (QED) is 0.700. The molecule has 18 heavy (non-hydrogen) atoms. The highest BCUT2D eigenvalue weighted by Crippen LogP contribution is 2.42. The lowest BCUT2D eigenvalue weighted by molar-refractivity contribution is -0.165. The van der Waals surface area contributed by atoms with Crippen LogP contribution in [-0.2, 0) is 9.59 Å². The fraction of sp³-hybridized carbons (Fsp3) is 0.857. The summed E-state index contributed by atoms with van der Waals surface area (Å²) in [6, 6.07) is 0. The monoisotopic (exact) mass is 258 g/mol. The highest BCUT2D eigenvalue weighted by atomic mass is 16.4. The second kappa shape index (κ2) is 6.76. The number of aliphatic carboxylic acids is 2. The standard InChI is InChI=1S/C14H26O4/c1-6-14(13(17)18,8-10(4)5)11(12(15)16)7-9(2)3/h9-11H,6-8H2,1-5H3,(H,15,16)(H,17,18). The van der Waals surface area contributed by atoms with E-state index in [2.05, 4.69) is 0 Å². The molecule has 4 nitrogen and oxygen atoms in total. The molecule has 0 spiro atoms. The van der Waals surface area contributed by atoms with Crippen molar-refractivity contribution in [3.8, 4) is 0 Å². The molecule has 0 bridgehead atoms. The third kappa shape index (κ3) is 4.00. The molecule has 106 valence electrons. The molecule has 0 aliphatic heterocycles. The van der Waals surface area contributed by atoms with Crippen molar-refractivity contribution in [1.29, 1.82) is 0 Å². The van der Waals surface area contributed by atoms with Gasteiger partial charge in [-0.25, -0.2) is 0 Å². The second-order valence-corrected chi connectivity index (χ2v) is 5.93. The van der Waals surface area contributed by atoms with Crippen molar-refractivity contribution in [3.63, 3.8) is 0 Å². The Morgan fingerprint density at radius 2 is 1.56 bits per heavy atom. The van der Waals surface area contributed by atoms with Crippen molar-refractivity contribution in [3.05, 3.63) is 0 Å². The Morgan fingerprint density at radius 3 is 1.78 bits per heavy atom. The molecule has 2 N–H and O–H groups in total. The summed E-state index contributed by atoms with van der Waals surface area (Å²) in [5, 5.41) is 18.9. The molecule has 0 aliphatic carbocycles. The summed E-state index contributed by atoms with van der Waals surface area (Å²) in [5.74, 6) is -2.46. The Balaban J connectivity index is 5.46. The highest BCUT2D eigenvalue weighted by Gasteiger charge is 2.48. The van der Waals surface area contributed by atoms with Crippen molar-refractivity contribution in [2.24, 2.45) is 23.2 Å². The molecule has 0 aromatic heterocycles. The average molecular weight is 258 g/mol. The van der Waals surface area contributed by atoms with Crippen LogP contribution in [0.4, 0.5) is 0 Å². The Hall–Kier alpha value is -1.06. The molecule has 0 amide bonds. The zero-order valence-electron chi connectivity index (χ0n) is 12.1. The van der Waals surface area contributed by atoms with E-state index in [1.54, 1.807) is 6.92 Å². The first-order valence-electron chi connectivity index (χ1n) is 6.63. The van der Waals surface area contributed by atoms with Gasteiger partial charge in [-0.3, -0.25) is 9.59 Å². The number of rotatable bonds is 8. The molecular formula is C14H26O4. The van der Waals surface area contributed by atoms with Crippen LogP contribution in [0.5, 0.6) is 0 Å². The minimum atomic E-state index is -1.15. The maximum atomic E-state index is 11.7. The summed E-state index contributed by atoms with van der Waals surface area (Å²) >= 11 is 0. The number of carboxylic acid groups (broad SMARTS) is 2. The van der Waals surface area contributed by atoms with Crippen LogP contribution in [0.3, 0.4) is 0 Å². The smallest absolute Gasteiger partial charge is 0.310 e. The molecule has 0 heterocycles. The lowest BCUT2D eigenvalue weighted by Crippen LogP contribution is -2.44. The maximum Gasteiger partial charge on any atom is 0.310 e. The van der Waals surface area contributed by atoms with Gasteiger partial charge in [0, 0.05) is 0 Å². The first kappa shape index (κ1) is 16.9. The van der Waals surface area contributed by atoms with Crippen LogP contribution in [0.1, 0.15) is 53.9 Å². The fourth-order valence-electron chi connectivity index (χ4n) is 2.68. The average Bonchev–Trinajstić information content (AvgIpc) is 2.21. The highest BCUT2D eigenvalue weighted by molar-refractivity contribution is 5.83. The Morgan fingerprint density at radius 1 is 1.06 bits per heavy atom. The number of hydrogen-bond acceptors (Lipinski definition) is 2. The van der Waals surface area contributed by atoms with Gasteiger partial charge in [-0.1, -0.05) is 34.6 Å². The van der Waals surface area contributed by atoms with E-state index in [4.69, 9.17) is 0 Å². The lowest BCUT2D eigenvalue weighted by atomic mass is 9.66. The topological polar surface area (TPSA) is 74.6 Å². The minimum Gasteiger partial charge on any atom is -0.481 e. The normalized spacial score (nSPS) is 16.6. The zero-order valence-corrected chi connectivity index (χ0v) is 12.1. The van der Waals surface area contributed by atoms with Gasteiger partial charge in [0.1, 0.15) is 0 Å². The van der Waals surface area contributed by atoms with Gasteiger partial charge in [0.2, 0.25) is 0 Å². The van der Waals surface area contributed by atoms with E-state index < -0.39 is 23.3 Å². The van der Waals surface area contributed by atoms with E-state index in [0.717, 1.165) is 0 Å². The zero-order chi connectivity index (χ0) is 14.5. The molecule has 0 aromatic carbocycles. The van der Waals surface area contributed by atoms with E-state index in [9.17, 15) is 19.8 Å². The summed E-state index contributed by atoms with van der Waals surface area (Å²) in [6.45, 7) is 9.48. The summed E-state index contributed by atoms with van der Waals surface area (Å²) < 4.78 is 0. The molecule has 0 saturated heterocycles. The van der Waals surface area contributed by atoms with Gasteiger partial charge in [-0.05, 0) is 31.1 Å². The van der Waals surface area contributed by atoms with Crippen molar-refractivity contribution >= 4 is 11.9 Å². The molecule has 2 unspecified atom stereocenters. The first-order chi connectivity index (χ1) is 8.17. The van der Waals surface area contributed by atoms with E-state index in [1.165, 1.54) is 0 Å². The third-order valence-electron chi connectivity index (χ3n) is 3.50. The summed E-state index contributed by atoms with van der Waals surface area (Å²) in [7, 11) is 0. The van der Waals surface area contributed by atoms with Gasteiger partial charge >= 0.3 is 11.9 Å². The van der Waals surface area contributed by atoms with Crippen LogP contribution in [0.2, 0.25) is 0 Å². The first-order valence-corrected chi connectivity index (χ1v) is 6.63. The molecule has 0 aromatic rings. The maximum absolute atomic E-state index is 11.7. The molecule has 0 fully saturated rings. The predicted molar refractivity (Wildman–Crippen MR) is 70.4 cm³/mol. The van der Waals surface area contributed by atoms with Crippen LogP contribution in [0.25, 0.3) is 0 Å². The van der Waals surface area contributed by atoms with Gasteiger partial charge in [0.15, 0.2) is 0 Å². The second-order valence-electron chi connectivity index (χ2n) is 5.93. The number of carbonyl (C=O) groups is 2. The van der Waals surface area contributed by atoms with Crippen LogP contribution in [-0.4, -0.2) is 22.2 Å². The summed E-state index contributed by atoms with van der Waals surface area (Å²) in [4.78, 5) is 23.1. The van der Waals surface area contributed by atoms with Gasteiger partial charge < -0.3 is 10.2 Å². The molecule has 0 rings (SSSR count). The van der Waals surface area contributed by atoms with E-state index in [-0.39, 0.29) is 11.8 Å². The van der Waals surface area contributed by atoms with Crippen molar-refractivity contribution in [2.45, 2.75) is 53.9 Å². The van der Waals surface area contributed by atoms with Crippen molar-refractivity contribution < 1.29 is 19.8 Å². The van der Waals surface area contributed by atoms with E-state index in [1.807, 2.05) is 27.7 Å². The van der Waals surface area contributed by atoms with Crippen LogP contribution >= 0.6 is 0 Å². The van der Waals surface area contributed by atoms with Crippen LogP contribution < -0.4 is 0 Å². The molecule has 2 atom stereocenters. The summed E-state index contributed by atoms with van der Waals surface area (Å²) in [6.07, 6.45) is 1.16. The SMILES string of the molecule is CCC(CC(C)C)(C(=O)O)C(CC(C)C)C(=O)O. The van der Waals surface area contributed by atoms with Gasteiger partial charge in [-0.15, -0.1) is 0 Å². The lowest BCUT2D eigenvalue weighted by Gasteiger charge is -2.36. The van der Waals surface area contributed by atoms with Crippen molar-refractivity contribution in [1.82, 2.24) is 0 Å². The molecule has 0 aliphatic rings. The van der Waals surface area contributed by atoms with Crippen LogP contribution in [0.15, 0.2) is 0 Å². The van der Waals surface area contributed by atoms with Gasteiger partial charge in [0.05, 0.1) is 11.3 Å². The van der Waals surface area contributed by atoms with E-state index in [0.29, 0.717) is 19.3 Å². The van der Waals surface area contributed by atoms with E-state index >= 15 is 0 Å². The number of carboxylic acids is 2. The largest absolute Gasteiger partial charge is 0.481 e. The van der Waals surface area contributed by atoms with Gasteiger partial charge in [0.25, 0.3) is 0 Å². The fourth-order valence-corrected chi connectivity index (χ4v) is 2.68. The van der Waals surface area contributed by atoms with Gasteiger partial charge in [-0.2, -0.15) is 0 Å². The van der Waals surface area contributed by atoms with Crippen LogP contribution in [0, 0.1) is 23.2 Å². The molecule has 4 heteroatoms. The molecule has 0 radical (unpaired) electrons. The van der Waals surface area contributed by atoms with Crippen molar-refractivity contribution in [2.75, 3.05) is 0 Å². The molecule has 0 saturated carbocycles. The minimum absolute atomic E-state index is 0.162. The Kier molecular flexibility index (Phi) is 6.36. The predicted octanol–water partition coefficient (Wildman–Crippen LogP) is 3.26.